The maximum Gasteiger partial charge on any atom is 0.126 e. The van der Waals surface area contributed by atoms with Gasteiger partial charge in [-0.15, -0.1) is 0 Å². The zero-order chi connectivity index (χ0) is 12.4. The zero-order valence-corrected chi connectivity index (χ0v) is 10.9. The van der Waals surface area contributed by atoms with E-state index < -0.39 is 0 Å². The van der Waals surface area contributed by atoms with Gasteiger partial charge in [-0.05, 0) is 43.5 Å². The molecule has 0 bridgehead atoms. The van der Waals surface area contributed by atoms with Crippen molar-refractivity contribution in [3.05, 3.63) is 53.1 Å². The molecule has 2 rings (SSSR count). The molecule has 2 aromatic carbocycles. The van der Waals surface area contributed by atoms with E-state index in [9.17, 15) is 0 Å². The lowest BCUT2D eigenvalue weighted by molar-refractivity contribution is 0.416. The van der Waals surface area contributed by atoms with Crippen LogP contribution in [0.3, 0.4) is 0 Å². The second-order valence-electron chi connectivity index (χ2n) is 4.47. The van der Waals surface area contributed by atoms with E-state index in [1.165, 1.54) is 27.8 Å². The lowest BCUT2D eigenvalue weighted by atomic mass is 9.94. The van der Waals surface area contributed by atoms with Crippen molar-refractivity contribution in [1.29, 1.82) is 0 Å². The van der Waals surface area contributed by atoms with Gasteiger partial charge >= 0.3 is 0 Å². The molecular weight excluding hydrogens is 208 g/mol. The van der Waals surface area contributed by atoms with Crippen LogP contribution in [0.5, 0.6) is 5.75 Å². The van der Waals surface area contributed by atoms with Crippen molar-refractivity contribution in [2.24, 2.45) is 0 Å². The Morgan fingerprint density at radius 3 is 2.35 bits per heavy atom. The van der Waals surface area contributed by atoms with Gasteiger partial charge in [-0.1, -0.05) is 35.9 Å². The Hall–Kier alpha value is -1.76. The second-order valence-corrected chi connectivity index (χ2v) is 4.47. The summed E-state index contributed by atoms with van der Waals surface area (Å²) < 4.78 is 5.48. The molecule has 0 unspecified atom stereocenters. The molecule has 0 radical (unpaired) electrons. The first-order valence-corrected chi connectivity index (χ1v) is 5.84. The Balaban J connectivity index is 2.71. The predicted octanol–water partition coefficient (Wildman–Crippen LogP) is 4.29. The molecule has 0 saturated heterocycles. The molecule has 0 aromatic heterocycles. The molecule has 1 nitrogen and oxygen atoms in total. The van der Waals surface area contributed by atoms with Gasteiger partial charge in [0.2, 0.25) is 0 Å². The minimum absolute atomic E-state index is 0.943. The first kappa shape index (κ1) is 11.7. The van der Waals surface area contributed by atoms with Crippen LogP contribution < -0.4 is 4.74 Å². The SMILES string of the molecule is COc1cccc(C)c1-c1cc(C)ccc1C. The van der Waals surface area contributed by atoms with Gasteiger partial charge < -0.3 is 4.74 Å². The van der Waals surface area contributed by atoms with Gasteiger partial charge in [0.25, 0.3) is 0 Å². The summed E-state index contributed by atoms with van der Waals surface area (Å²) in [6.07, 6.45) is 0. The van der Waals surface area contributed by atoms with E-state index in [2.05, 4.69) is 45.0 Å². The van der Waals surface area contributed by atoms with Crippen molar-refractivity contribution in [1.82, 2.24) is 0 Å². The smallest absolute Gasteiger partial charge is 0.126 e. The number of hydrogen-bond acceptors (Lipinski definition) is 1. The molecule has 0 saturated carbocycles. The van der Waals surface area contributed by atoms with Crippen LogP contribution in [-0.4, -0.2) is 7.11 Å². The van der Waals surface area contributed by atoms with Crippen molar-refractivity contribution in [3.63, 3.8) is 0 Å². The van der Waals surface area contributed by atoms with Crippen LogP contribution >= 0.6 is 0 Å². The molecule has 0 spiro atoms. The Labute approximate surface area is 103 Å². The number of benzene rings is 2. The molecule has 1 heteroatoms. The Bertz CT molecular complexity index is 541. The molecule has 0 fully saturated rings. The largest absolute Gasteiger partial charge is 0.496 e. The topological polar surface area (TPSA) is 9.23 Å². The highest BCUT2D eigenvalue weighted by atomic mass is 16.5. The number of hydrogen-bond donors (Lipinski definition) is 0. The van der Waals surface area contributed by atoms with E-state index in [1.807, 2.05) is 12.1 Å². The van der Waals surface area contributed by atoms with Crippen molar-refractivity contribution in [2.75, 3.05) is 7.11 Å². The molecule has 0 N–H and O–H groups in total. The molecule has 0 aliphatic heterocycles. The van der Waals surface area contributed by atoms with Crippen molar-refractivity contribution in [3.8, 4) is 16.9 Å². The fourth-order valence-corrected chi connectivity index (χ4v) is 2.16. The summed E-state index contributed by atoms with van der Waals surface area (Å²) in [6, 6.07) is 12.7. The highest BCUT2D eigenvalue weighted by molar-refractivity contribution is 5.76. The van der Waals surface area contributed by atoms with Crippen molar-refractivity contribution < 1.29 is 4.74 Å². The number of aryl methyl sites for hydroxylation is 3. The number of rotatable bonds is 2. The molecule has 0 amide bonds. The number of methoxy groups -OCH3 is 1. The predicted molar refractivity (Wildman–Crippen MR) is 72.6 cm³/mol. The minimum atomic E-state index is 0.943. The van der Waals surface area contributed by atoms with E-state index in [0.717, 1.165) is 5.75 Å². The number of ether oxygens (including phenoxy) is 1. The molecule has 17 heavy (non-hydrogen) atoms. The average Bonchev–Trinajstić information content (AvgIpc) is 2.32. The van der Waals surface area contributed by atoms with Gasteiger partial charge in [0.1, 0.15) is 5.75 Å². The maximum absolute atomic E-state index is 5.48. The van der Waals surface area contributed by atoms with Crippen LogP contribution in [0.15, 0.2) is 36.4 Å². The van der Waals surface area contributed by atoms with E-state index >= 15 is 0 Å². The summed E-state index contributed by atoms with van der Waals surface area (Å²) in [5, 5.41) is 0. The quantitative estimate of drug-likeness (QED) is 0.742. The maximum atomic E-state index is 5.48. The van der Waals surface area contributed by atoms with Crippen LogP contribution in [0.25, 0.3) is 11.1 Å². The van der Waals surface area contributed by atoms with Crippen molar-refractivity contribution >= 4 is 0 Å². The molecular formula is C16H18O. The van der Waals surface area contributed by atoms with Crippen LogP contribution in [0.4, 0.5) is 0 Å². The second kappa shape index (κ2) is 4.62. The molecule has 0 atom stereocenters. The van der Waals surface area contributed by atoms with Crippen LogP contribution in [0.1, 0.15) is 16.7 Å². The van der Waals surface area contributed by atoms with E-state index in [1.54, 1.807) is 7.11 Å². The van der Waals surface area contributed by atoms with Crippen molar-refractivity contribution in [2.45, 2.75) is 20.8 Å². The third kappa shape index (κ3) is 2.19. The molecule has 0 aliphatic carbocycles. The monoisotopic (exact) mass is 226 g/mol. The van der Waals surface area contributed by atoms with Gasteiger partial charge in [-0.3, -0.25) is 0 Å². The Morgan fingerprint density at radius 1 is 0.882 bits per heavy atom. The summed E-state index contributed by atoms with van der Waals surface area (Å²) in [5.74, 6) is 0.943. The summed E-state index contributed by atoms with van der Waals surface area (Å²) in [4.78, 5) is 0. The lowest BCUT2D eigenvalue weighted by Crippen LogP contribution is -1.93. The molecule has 0 aliphatic rings. The third-order valence-electron chi connectivity index (χ3n) is 3.12. The van der Waals surface area contributed by atoms with E-state index in [4.69, 9.17) is 4.74 Å². The summed E-state index contributed by atoms with van der Waals surface area (Å²) in [6.45, 7) is 6.38. The minimum Gasteiger partial charge on any atom is -0.496 e. The molecule has 0 heterocycles. The Morgan fingerprint density at radius 2 is 1.65 bits per heavy atom. The molecule has 88 valence electrons. The normalized spacial score (nSPS) is 10.4. The fraction of sp³-hybridized carbons (Fsp3) is 0.250. The highest BCUT2D eigenvalue weighted by Gasteiger charge is 2.10. The van der Waals surface area contributed by atoms with Gasteiger partial charge in [0.05, 0.1) is 7.11 Å². The highest BCUT2D eigenvalue weighted by Crippen LogP contribution is 2.35. The van der Waals surface area contributed by atoms with Gasteiger partial charge in [-0.2, -0.15) is 0 Å². The van der Waals surface area contributed by atoms with Gasteiger partial charge in [-0.25, -0.2) is 0 Å². The van der Waals surface area contributed by atoms with E-state index in [-0.39, 0.29) is 0 Å². The fourth-order valence-electron chi connectivity index (χ4n) is 2.16. The Kier molecular flexibility index (Phi) is 3.19. The lowest BCUT2D eigenvalue weighted by Gasteiger charge is -2.14. The first-order chi connectivity index (χ1) is 8.13. The van der Waals surface area contributed by atoms with Crippen LogP contribution in [-0.2, 0) is 0 Å². The van der Waals surface area contributed by atoms with Crippen LogP contribution in [0.2, 0.25) is 0 Å². The van der Waals surface area contributed by atoms with Crippen LogP contribution in [0, 0.1) is 20.8 Å². The molecule has 2 aromatic rings. The first-order valence-electron chi connectivity index (χ1n) is 5.84. The summed E-state index contributed by atoms with van der Waals surface area (Å²) in [7, 11) is 1.73. The van der Waals surface area contributed by atoms with E-state index in [0.29, 0.717) is 0 Å². The summed E-state index contributed by atoms with van der Waals surface area (Å²) in [5.41, 5.74) is 6.27. The third-order valence-corrected chi connectivity index (χ3v) is 3.12. The average molecular weight is 226 g/mol. The van der Waals surface area contributed by atoms with Gasteiger partial charge in [0, 0.05) is 5.56 Å². The van der Waals surface area contributed by atoms with Gasteiger partial charge in [0.15, 0.2) is 0 Å². The standard InChI is InChI=1S/C16H18O/c1-11-8-9-12(2)14(10-11)16-13(3)6-5-7-15(16)17-4/h5-10H,1-4H3. The zero-order valence-electron chi connectivity index (χ0n) is 10.9. The summed E-state index contributed by atoms with van der Waals surface area (Å²) >= 11 is 0.